The molecule has 0 saturated heterocycles. The second kappa shape index (κ2) is 6.66. The van der Waals surface area contributed by atoms with Crippen molar-refractivity contribution in [2.24, 2.45) is 5.92 Å². The second-order valence-electron chi connectivity index (χ2n) is 4.28. The Bertz CT molecular complexity index is 309. The fraction of sp³-hybridized carbons (Fsp3) is 0.750. The quantitative estimate of drug-likeness (QED) is 0.766. The Hall–Kier alpha value is -0.870. The van der Waals surface area contributed by atoms with Gasteiger partial charge in [-0.25, -0.2) is 0 Å². The molecule has 0 amide bonds. The van der Waals surface area contributed by atoms with Crippen molar-refractivity contribution in [1.29, 1.82) is 0 Å². The van der Waals surface area contributed by atoms with Crippen LogP contribution in [0.2, 0.25) is 0 Å². The third-order valence-corrected chi connectivity index (χ3v) is 2.54. The Kier molecular flexibility index (Phi) is 5.49. The van der Waals surface area contributed by atoms with Gasteiger partial charge in [-0.2, -0.15) is 5.10 Å². The first-order valence-corrected chi connectivity index (χ1v) is 5.90. The van der Waals surface area contributed by atoms with Gasteiger partial charge in [0, 0.05) is 33.4 Å². The molecule has 1 N–H and O–H groups in total. The molecular formula is C12H23N3O. The molecule has 0 fully saturated rings. The second-order valence-corrected chi connectivity index (χ2v) is 4.28. The Labute approximate surface area is 98.0 Å². The van der Waals surface area contributed by atoms with Gasteiger partial charge in [0.2, 0.25) is 0 Å². The first kappa shape index (κ1) is 13.2. The molecule has 92 valence electrons. The molecule has 4 heteroatoms. The summed E-state index contributed by atoms with van der Waals surface area (Å²) in [6.45, 7) is 9.91. The minimum absolute atomic E-state index is 0.545. The number of methoxy groups -OCH3 is 1. The van der Waals surface area contributed by atoms with Crippen LogP contribution in [0, 0.1) is 12.8 Å². The fourth-order valence-corrected chi connectivity index (χ4v) is 1.81. The molecule has 1 atom stereocenters. The van der Waals surface area contributed by atoms with E-state index in [-0.39, 0.29) is 0 Å². The van der Waals surface area contributed by atoms with E-state index in [2.05, 4.69) is 30.3 Å². The maximum absolute atomic E-state index is 5.10. The Morgan fingerprint density at radius 1 is 1.56 bits per heavy atom. The maximum atomic E-state index is 5.10. The Morgan fingerprint density at radius 2 is 2.31 bits per heavy atom. The van der Waals surface area contributed by atoms with Gasteiger partial charge in [-0.15, -0.1) is 0 Å². The van der Waals surface area contributed by atoms with Crippen LogP contribution in [0.15, 0.2) is 6.07 Å². The van der Waals surface area contributed by atoms with E-state index in [0.29, 0.717) is 5.92 Å². The lowest BCUT2D eigenvalue weighted by atomic mass is 10.2. The number of rotatable bonds is 7. The van der Waals surface area contributed by atoms with Crippen LogP contribution in [-0.2, 0) is 17.8 Å². The predicted octanol–water partition coefficient (Wildman–Crippen LogP) is 1.58. The lowest BCUT2D eigenvalue weighted by Gasteiger charge is -2.11. The fourth-order valence-electron chi connectivity index (χ4n) is 1.81. The van der Waals surface area contributed by atoms with Gasteiger partial charge in [-0.1, -0.05) is 6.92 Å². The van der Waals surface area contributed by atoms with Crippen molar-refractivity contribution in [1.82, 2.24) is 15.1 Å². The number of nitrogens with zero attached hydrogens (tertiary/aromatic N) is 2. The number of aromatic nitrogens is 2. The molecule has 0 aromatic carbocycles. The van der Waals surface area contributed by atoms with Gasteiger partial charge < -0.3 is 10.1 Å². The van der Waals surface area contributed by atoms with Crippen LogP contribution in [0.4, 0.5) is 0 Å². The molecule has 4 nitrogen and oxygen atoms in total. The molecular weight excluding hydrogens is 202 g/mol. The van der Waals surface area contributed by atoms with Crippen molar-refractivity contribution in [2.45, 2.75) is 33.9 Å². The summed E-state index contributed by atoms with van der Waals surface area (Å²) < 4.78 is 7.14. The van der Waals surface area contributed by atoms with E-state index in [1.54, 1.807) is 7.11 Å². The summed E-state index contributed by atoms with van der Waals surface area (Å²) in [6.07, 6.45) is 0. The summed E-state index contributed by atoms with van der Waals surface area (Å²) in [5.41, 5.74) is 2.34. The summed E-state index contributed by atoms with van der Waals surface area (Å²) in [5.74, 6) is 0.545. The topological polar surface area (TPSA) is 39.1 Å². The molecule has 0 aliphatic carbocycles. The van der Waals surface area contributed by atoms with Crippen molar-refractivity contribution in [3.05, 3.63) is 17.5 Å². The van der Waals surface area contributed by atoms with Crippen LogP contribution in [0.3, 0.4) is 0 Å². The van der Waals surface area contributed by atoms with E-state index in [0.717, 1.165) is 31.9 Å². The normalized spacial score (nSPS) is 13.0. The highest BCUT2D eigenvalue weighted by Crippen LogP contribution is 2.03. The minimum atomic E-state index is 0.545. The molecule has 0 spiro atoms. The molecule has 0 bridgehead atoms. The van der Waals surface area contributed by atoms with Crippen LogP contribution in [0.1, 0.15) is 25.2 Å². The average Bonchev–Trinajstić information content (AvgIpc) is 2.59. The van der Waals surface area contributed by atoms with E-state index in [1.807, 2.05) is 11.6 Å². The van der Waals surface area contributed by atoms with Crippen molar-refractivity contribution in [3.8, 4) is 0 Å². The number of hydrogen-bond donors (Lipinski definition) is 1. The van der Waals surface area contributed by atoms with E-state index in [4.69, 9.17) is 4.74 Å². The number of aryl methyl sites for hydroxylation is 2. The van der Waals surface area contributed by atoms with Gasteiger partial charge in [0.15, 0.2) is 0 Å². The molecule has 1 heterocycles. The Balaban J connectivity index is 2.36. The minimum Gasteiger partial charge on any atom is -0.384 e. The molecule has 0 aliphatic heterocycles. The predicted molar refractivity (Wildman–Crippen MR) is 65.4 cm³/mol. The largest absolute Gasteiger partial charge is 0.384 e. The zero-order valence-corrected chi connectivity index (χ0v) is 10.8. The third-order valence-electron chi connectivity index (χ3n) is 2.54. The van der Waals surface area contributed by atoms with Crippen molar-refractivity contribution in [2.75, 3.05) is 20.3 Å². The van der Waals surface area contributed by atoms with E-state index < -0.39 is 0 Å². The maximum Gasteiger partial charge on any atom is 0.0597 e. The van der Waals surface area contributed by atoms with Gasteiger partial charge in [0.25, 0.3) is 0 Å². The van der Waals surface area contributed by atoms with Gasteiger partial charge in [0.1, 0.15) is 0 Å². The molecule has 1 rings (SSSR count). The summed E-state index contributed by atoms with van der Waals surface area (Å²) in [5, 5.41) is 7.85. The summed E-state index contributed by atoms with van der Waals surface area (Å²) >= 11 is 0. The molecule has 0 saturated carbocycles. The zero-order valence-electron chi connectivity index (χ0n) is 10.8. The summed E-state index contributed by atoms with van der Waals surface area (Å²) in [4.78, 5) is 0. The third kappa shape index (κ3) is 3.94. The molecule has 1 aromatic rings. The first-order valence-electron chi connectivity index (χ1n) is 5.90. The van der Waals surface area contributed by atoms with Crippen molar-refractivity contribution < 1.29 is 4.74 Å². The standard InChI is InChI=1S/C12H23N3O/c1-5-15-12(6-11(3)14-15)8-13-7-10(2)9-16-4/h6,10,13H,5,7-9H2,1-4H3. The molecule has 0 radical (unpaired) electrons. The van der Waals surface area contributed by atoms with Crippen molar-refractivity contribution >= 4 is 0 Å². The molecule has 1 unspecified atom stereocenters. The van der Waals surface area contributed by atoms with Crippen LogP contribution in [0.5, 0.6) is 0 Å². The van der Waals surface area contributed by atoms with Gasteiger partial charge in [0.05, 0.1) is 11.4 Å². The number of ether oxygens (including phenoxy) is 1. The zero-order chi connectivity index (χ0) is 12.0. The van der Waals surface area contributed by atoms with E-state index in [9.17, 15) is 0 Å². The average molecular weight is 225 g/mol. The van der Waals surface area contributed by atoms with Crippen LogP contribution >= 0.6 is 0 Å². The first-order chi connectivity index (χ1) is 7.67. The van der Waals surface area contributed by atoms with E-state index in [1.165, 1.54) is 5.69 Å². The molecule has 16 heavy (non-hydrogen) atoms. The van der Waals surface area contributed by atoms with Gasteiger partial charge in [-0.05, 0) is 25.8 Å². The van der Waals surface area contributed by atoms with Crippen LogP contribution in [0.25, 0.3) is 0 Å². The lowest BCUT2D eigenvalue weighted by Crippen LogP contribution is -2.24. The number of nitrogens with one attached hydrogen (secondary N) is 1. The highest BCUT2D eigenvalue weighted by atomic mass is 16.5. The summed E-state index contributed by atoms with van der Waals surface area (Å²) in [6, 6.07) is 2.14. The van der Waals surface area contributed by atoms with Gasteiger partial charge >= 0.3 is 0 Å². The molecule has 0 aliphatic rings. The lowest BCUT2D eigenvalue weighted by molar-refractivity contribution is 0.158. The summed E-state index contributed by atoms with van der Waals surface area (Å²) in [7, 11) is 1.74. The van der Waals surface area contributed by atoms with Crippen LogP contribution in [-0.4, -0.2) is 30.0 Å². The SMILES string of the molecule is CCn1nc(C)cc1CNCC(C)COC. The smallest absolute Gasteiger partial charge is 0.0597 e. The van der Waals surface area contributed by atoms with Crippen LogP contribution < -0.4 is 5.32 Å². The highest BCUT2D eigenvalue weighted by Gasteiger charge is 2.05. The monoisotopic (exact) mass is 225 g/mol. The van der Waals surface area contributed by atoms with Crippen molar-refractivity contribution in [3.63, 3.8) is 0 Å². The van der Waals surface area contributed by atoms with Gasteiger partial charge in [-0.3, -0.25) is 4.68 Å². The number of hydrogen-bond acceptors (Lipinski definition) is 3. The Morgan fingerprint density at radius 3 is 2.94 bits per heavy atom. The van der Waals surface area contributed by atoms with E-state index >= 15 is 0 Å². The molecule has 1 aromatic heterocycles. The highest BCUT2D eigenvalue weighted by molar-refractivity contribution is 5.08.